The van der Waals surface area contributed by atoms with Crippen molar-refractivity contribution in [2.24, 2.45) is 17.6 Å². The van der Waals surface area contributed by atoms with Crippen molar-refractivity contribution in [3.8, 4) is 5.75 Å². The van der Waals surface area contributed by atoms with Gasteiger partial charge in [-0.05, 0) is 51.4 Å². The van der Waals surface area contributed by atoms with Crippen LogP contribution in [0.4, 0.5) is 11.4 Å². The van der Waals surface area contributed by atoms with Crippen molar-refractivity contribution in [3.05, 3.63) is 34.1 Å². The van der Waals surface area contributed by atoms with E-state index in [2.05, 4.69) is 0 Å². The number of carbonyl (C=O) groups excluding carboxylic acids is 3. The Bertz CT molecular complexity index is 1460. The van der Waals surface area contributed by atoms with Crippen molar-refractivity contribution in [2.45, 2.75) is 31.4 Å². The number of fused-ring (bicyclic) bond motifs is 3. The van der Waals surface area contributed by atoms with E-state index >= 15 is 0 Å². The topological polar surface area (TPSA) is 265 Å². The first kappa shape index (κ1) is 30.8. The number of likely N-dealkylation sites (N-methyl/N-ethyl adjacent to an activating group) is 1. The molecule has 16 heteroatoms. The number of carbonyl (C=O) groups is 3. The fourth-order valence-electron chi connectivity index (χ4n) is 5.82. The van der Waals surface area contributed by atoms with E-state index in [-0.39, 0.29) is 29.7 Å². The molecule has 0 radical (unpaired) electrons. The number of nitrogens with zero attached hydrogens (tertiary/aromatic N) is 2. The van der Waals surface area contributed by atoms with Gasteiger partial charge in [0, 0.05) is 30.8 Å². The highest BCUT2D eigenvalue weighted by molar-refractivity contribution is 7.79. The zero-order chi connectivity index (χ0) is 30.6. The Morgan fingerprint density at radius 2 is 1.70 bits per heavy atom. The predicted octanol–water partition coefficient (Wildman–Crippen LogP) is -0.650. The van der Waals surface area contributed by atoms with Gasteiger partial charge in [0.05, 0.1) is 17.3 Å². The number of amides is 1. The van der Waals surface area contributed by atoms with Crippen LogP contribution in [0.3, 0.4) is 0 Å². The van der Waals surface area contributed by atoms with Gasteiger partial charge in [-0.25, -0.2) is 0 Å². The second-order valence-corrected chi connectivity index (χ2v) is 11.0. The second-order valence-electron chi connectivity index (χ2n) is 10.1. The maximum atomic E-state index is 13.8. The van der Waals surface area contributed by atoms with Crippen LogP contribution in [-0.2, 0) is 31.2 Å². The molecule has 40 heavy (non-hydrogen) atoms. The van der Waals surface area contributed by atoms with Crippen molar-refractivity contribution in [1.82, 2.24) is 4.90 Å². The minimum atomic E-state index is -4.67. The van der Waals surface area contributed by atoms with E-state index in [1.165, 1.54) is 4.90 Å². The summed E-state index contributed by atoms with van der Waals surface area (Å²) >= 11 is 0. The number of hydrogen-bond acceptors (Lipinski definition) is 12. The number of aromatic hydroxyl groups is 1. The van der Waals surface area contributed by atoms with Gasteiger partial charge >= 0.3 is 10.4 Å². The van der Waals surface area contributed by atoms with Gasteiger partial charge in [-0.1, -0.05) is 0 Å². The maximum Gasteiger partial charge on any atom is 0.394 e. The molecule has 0 aromatic heterocycles. The average molecular weight is 585 g/mol. The smallest absolute Gasteiger partial charge is 0.394 e. The highest BCUT2D eigenvalue weighted by Gasteiger charge is 2.64. The number of rotatable bonds is 4. The Morgan fingerprint density at radius 3 is 2.17 bits per heavy atom. The van der Waals surface area contributed by atoms with Gasteiger partial charge < -0.3 is 36.8 Å². The molecule has 1 saturated carbocycles. The molecule has 1 aromatic carbocycles. The van der Waals surface area contributed by atoms with Crippen molar-refractivity contribution >= 4 is 45.0 Å². The molecule has 0 bridgehead atoms. The van der Waals surface area contributed by atoms with Gasteiger partial charge in [0.25, 0.3) is 5.91 Å². The van der Waals surface area contributed by atoms with Crippen LogP contribution in [0, 0.1) is 11.8 Å². The molecule has 0 spiro atoms. The second kappa shape index (κ2) is 10.4. The number of Topliss-reactive ketones (excluding diaryl/α,β-unsaturated/α-hetero) is 2. The molecule has 1 fully saturated rings. The fourth-order valence-corrected chi connectivity index (χ4v) is 5.82. The third-order valence-electron chi connectivity index (χ3n) is 7.61. The number of aliphatic hydroxyl groups excluding tert-OH is 2. The summed E-state index contributed by atoms with van der Waals surface area (Å²) in [6.45, 7) is 2.52. The summed E-state index contributed by atoms with van der Waals surface area (Å²) in [5, 5.41) is 44.4. The number of hydrogen-bond donors (Lipinski definition) is 8. The van der Waals surface area contributed by atoms with Crippen LogP contribution in [0.1, 0.15) is 24.5 Å². The molecular formula is C24H32N4O11S. The van der Waals surface area contributed by atoms with Crippen molar-refractivity contribution in [2.75, 3.05) is 38.3 Å². The summed E-state index contributed by atoms with van der Waals surface area (Å²) in [6, 6.07) is 0.474. The zero-order valence-corrected chi connectivity index (χ0v) is 22.9. The minimum absolute atomic E-state index is 0.000751. The van der Waals surface area contributed by atoms with E-state index in [1.54, 1.807) is 20.2 Å². The van der Waals surface area contributed by atoms with E-state index in [4.69, 9.17) is 29.0 Å². The summed E-state index contributed by atoms with van der Waals surface area (Å²) in [6.07, 6.45) is 0.244. The number of nitrogens with two attached hydrogens (primary N) is 2. The van der Waals surface area contributed by atoms with Crippen LogP contribution >= 0.6 is 0 Å². The summed E-state index contributed by atoms with van der Waals surface area (Å²) < 4.78 is 31.6. The van der Waals surface area contributed by atoms with Gasteiger partial charge in [-0.2, -0.15) is 8.42 Å². The molecule has 10 N–H and O–H groups in total. The van der Waals surface area contributed by atoms with E-state index in [1.807, 2.05) is 18.9 Å². The number of aliphatic hydroxyl groups is 3. The molecule has 4 atom stereocenters. The number of nitrogen functional groups attached to an aromatic ring is 1. The third kappa shape index (κ3) is 4.88. The van der Waals surface area contributed by atoms with Crippen molar-refractivity contribution in [1.29, 1.82) is 0 Å². The van der Waals surface area contributed by atoms with Crippen LogP contribution in [0.2, 0.25) is 0 Å². The summed E-state index contributed by atoms with van der Waals surface area (Å²) in [4.78, 5) is 42.3. The first-order valence-electron chi connectivity index (χ1n) is 12.0. The SMILES string of the molecule is CCN(C)c1cc(N)c(O)c2c1CC1CC3[C@H](N(C)C)C(=O)C(C(N)=O)=C(O)[C@@]3(O)C(=O)C1=C2O.O=S(=O)(O)O. The third-order valence-corrected chi connectivity index (χ3v) is 7.61. The summed E-state index contributed by atoms with van der Waals surface area (Å²) in [5.74, 6) is -6.93. The number of ketones is 2. The molecule has 3 aliphatic rings. The zero-order valence-electron chi connectivity index (χ0n) is 22.1. The lowest BCUT2D eigenvalue weighted by atomic mass is 9.57. The molecular weight excluding hydrogens is 552 g/mol. The minimum Gasteiger partial charge on any atom is -0.508 e. The standard InChI is InChI=1S/C24H30N4O7.H2O4S/c1-5-28(4)13-8-12(25)18(29)15-10(13)6-9-7-11-17(27(2)3)20(31)16(23(26)34)22(33)24(11,35)21(32)14(9)19(15)30;1-5(2,3)4/h8-9,11,17,29-30,33,35H,5-7,25H2,1-4H3,(H2,26,34);(H2,1,2,3,4)/t9?,11?,17-,24-;/m0./s1. The van der Waals surface area contributed by atoms with Gasteiger partial charge in [0.15, 0.2) is 11.4 Å². The van der Waals surface area contributed by atoms with Crippen LogP contribution in [0.5, 0.6) is 5.75 Å². The van der Waals surface area contributed by atoms with Crippen LogP contribution in [0.25, 0.3) is 5.76 Å². The van der Waals surface area contributed by atoms with Crippen molar-refractivity contribution < 1.29 is 52.3 Å². The van der Waals surface area contributed by atoms with Crippen LogP contribution < -0.4 is 16.4 Å². The molecule has 1 amide bonds. The lowest BCUT2D eigenvalue weighted by molar-refractivity contribution is -0.153. The molecule has 220 valence electrons. The number of phenols is 1. The average Bonchev–Trinajstić information content (AvgIpc) is 2.81. The van der Waals surface area contributed by atoms with Crippen LogP contribution in [0.15, 0.2) is 23.0 Å². The maximum absolute atomic E-state index is 13.8. The number of phenolic OH excluding ortho intramolecular Hbond substituents is 1. The molecule has 4 rings (SSSR count). The molecule has 15 nitrogen and oxygen atoms in total. The molecule has 0 aliphatic heterocycles. The van der Waals surface area contributed by atoms with Gasteiger partial charge in [0.2, 0.25) is 5.78 Å². The van der Waals surface area contributed by atoms with Crippen molar-refractivity contribution in [3.63, 3.8) is 0 Å². The van der Waals surface area contributed by atoms with E-state index in [9.17, 15) is 34.8 Å². The largest absolute Gasteiger partial charge is 0.508 e. The number of benzene rings is 1. The summed E-state index contributed by atoms with van der Waals surface area (Å²) in [5.41, 5.74) is 8.82. The number of primary amides is 1. The number of anilines is 2. The predicted molar refractivity (Wildman–Crippen MR) is 142 cm³/mol. The Kier molecular flexibility index (Phi) is 7.99. The highest BCUT2D eigenvalue weighted by Crippen LogP contribution is 2.54. The Labute approximate surface area is 229 Å². The first-order chi connectivity index (χ1) is 18.3. The van der Waals surface area contributed by atoms with Gasteiger partial charge in [0.1, 0.15) is 22.8 Å². The Morgan fingerprint density at radius 1 is 1.15 bits per heavy atom. The first-order valence-corrected chi connectivity index (χ1v) is 13.4. The lowest BCUT2D eigenvalue weighted by Crippen LogP contribution is -2.65. The molecule has 2 unspecified atom stereocenters. The molecule has 0 saturated heterocycles. The van der Waals surface area contributed by atoms with Gasteiger partial charge in [-0.15, -0.1) is 0 Å². The monoisotopic (exact) mass is 584 g/mol. The Hall–Kier alpha value is -3.70. The quantitative estimate of drug-likeness (QED) is 0.0946. The summed E-state index contributed by atoms with van der Waals surface area (Å²) in [7, 11) is 0.272. The van der Waals surface area contributed by atoms with E-state index < -0.39 is 74.2 Å². The molecule has 1 aromatic rings. The van der Waals surface area contributed by atoms with Crippen LogP contribution in [-0.4, -0.2) is 99.7 Å². The van der Waals surface area contributed by atoms with E-state index in [0.29, 0.717) is 17.8 Å². The van der Waals surface area contributed by atoms with E-state index in [0.717, 1.165) is 0 Å². The molecule has 3 aliphatic carbocycles. The fraction of sp³-hybridized carbons (Fsp3) is 0.458. The lowest BCUT2D eigenvalue weighted by Gasteiger charge is -2.50. The highest BCUT2D eigenvalue weighted by atomic mass is 32.3. The Balaban J connectivity index is 0.000000810. The molecule has 0 heterocycles. The normalized spacial score (nSPS) is 26.1. The van der Waals surface area contributed by atoms with Gasteiger partial charge in [-0.3, -0.25) is 28.4 Å².